The highest BCUT2D eigenvalue weighted by atomic mass is 16.6. The molecule has 106 valence electrons. The van der Waals surface area contributed by atoms with Gasteiger partial charge in [-0.15, -0.1) is 0 Å². The summed E-state index contributed by atoms with van der Waals surface area (Å²) in [6.07, 6.45) is 0.0183. The van der Waals surface area contributed by atoms with Gasteiger partial charge in [-0.3, -0.25) is 24.1 Å². The summed E-state index contributed by atoms with van der Waals surface area (Å²) in [6, 6.07) is 5.12. The third-order valence-electron chi connectivity index (χ3n) is 3.02. The van der Waals surface area contributed by atoms with E-state index in [1.54, 1.807) is 25.1 Å². The smallest absolute Gasteiger partial charge is 0.261 e. The molecule has 3 amide bonds. The van der Waals surface area contributed by atoms with Crippen LogP contribution in [0.15, 0.2) is 18.2 Å². The summed E-state index contributed by atoms with van der Waals surface area (Å²) in [5, 5.41) is 0. The van der Waals surface area contributed by atoms with Crippen molar-refractivity contribution < 1.29 is 19.2 Å². The van der Waals surface area contributed by atoms with Crippen molar-refractivity contribution in [3.05, 3.63) is 34.9 Å². The highest BCUT2D eigenvalue weighted by molar-refractivity contribution is 6.21. The first-order valence-corrected chi connectivity index (χ1v) is 6.42. The van der Waals surface area contributed by atoms with Gasteiger partial charge in [0.15, 0.2) is 0 Å². The van der Waals surface area contributed by atoms with Gasteiger partial charge in [0.05, 0.1) is 17.7 Å². The van der Waals surface area contributed by atoms with E-state index in [0.717, 1.165) is 10.5 Å². The molecule has 1 aromatic rings. The second-order valence-corrected chi connectivity index (χ2v) is 4.52. The Hall–Kier alpha value is -2.21. The van der Waals surface area contributed by atoms with E-state index in [4.69, 9.17) is 4.84 Å². The number of nitrogens with zero attached hydrogens (tertiary/aromatic N) is 1. The van der Waals surface area contributed by atoms with Crippen LogP contribution in [0.1, 0.15) is 39.6 Å². The first-order valence-electron chi connectivity index (χ1n) is 6.42. The Balaban J connectivity index is 2.03. The van der Waals surface area contributed by atoms with Gasteiger partial charge in [0, 0.05) is 13.0 Å². The molecule has 1 aromatic carbocycles. The van der Waals surface area contributed by atoms with Crippen molar-refractivity contribution >= 4 is 17.7 Å². The van der Waals surface area contributed by atoms with E-state index in [0.29, 0.717) is 17.7 Å². The molecule has 0 fully saturated rings. The van der Waals surface area contributed by atoms with Crippen LogP contribution in [0, 0.1) is 6.92 Å². The number of carbonyl (C=O) groups is 3. The highest BCUT2D eigenvalue weighted by Crippen LogP contribution is 2.23. The number of rotatable bonds is 5. The molecule has 0 aromatic heterocycles. The van der Waals surface area contributed by atoms with Crippen molar-refractivity contribution in [2.24, 2.45) is 0 Å². The molecule has 6 nitrogen and oxygen atoms in total. The number of imide groups is 1. The van der Waals surface area contributed by atoms with E-state index in [2.05, 4.69) is 5.48 Å². The summed E-state index contributed by atoms with van der Waals surface area (Å²) in [5.74, 6) is -1.06. The maximum Gasteiger partial charge on any atom is 0.261 e. The number of aryl methyl sites for hydroxylation is 1. The summed E-state index contributed by atoms with van der Waals surface area (Å²) < 4.78 is 0. The zero-order valence-electron chi connectivity index (χ0n) is 11.4. The normalized spacial score (nSPS) is 13.6. The Kier molecular flexibility index (Phi) is 4.14. The summed E-state index contributed by atoms with van der Waals surface area (Å²) in [5.41, 5.74) is 3.94. The van der Waals surface area contributed by atoms with Crippen LogP contribution in [0.3, 0.4) is 0 Å². The average molecular weight is 276 g/mol. The summed E-state index contributed by atoms with van der Waals surface area (Å²) in [4.78, 5) is 41.5. The van der Waals surface area contributed by atoms with Gasteiger partial charge in [0.1, 0.15) is 0 Å². The Morgan fingerprint density at radius 3 is 2.65 bits per heavy atom. The number of hydrogen-bond acceptors (Lipinski definition) is 4. The van der Waals surface area contributed by atoms with Crippen molar-refractivity contribution in [2.45, 2.75) is 20.3 Å². The molecular formula is C14H16N2O4. The second-order valence-electron chi connectivity index (χ2n) is 4.52. The third-order valence-corrected chi connectivity index (χ3v) is 3.02. The molecule has 0 unspecified atom stereocenters. The van der Waals surface area contributed by atoms with E-state index in [9.17, 15) is 14.4 Å². The minimum atomic E-state index is -0.361. The molecule has 0 aliphatic carbocycles. The molecule has 0 bridgehead atoms. The lowest BCUT2D eigenvalue weighted by atomic mass is 10.1. The number of benzene rings is 1. The molecule has 0 saturated carbocycles. The van der Waals surface area contributed by atoms with Crippen molar-refractivity contribution in [2.75, 3.05) is 13.2 Å². The first-order chi connectivity index (χ1) is 9.54. The van der Waals surface area contributed by atoms with Gasteiger partial charge in [-0.25, -0.2) is 5.48 Å². The zero-order valence-corrected chi connectivity index (χ0v) is 11.4. The van der Waals surface area contributed by atoms with Crippen molar-refractivity contribution in [3.8, 4) is 0 Å². The Morgan fingerprint density at radius 1 is 1.25 bits per heavy atom. The fraction of sp³-hybridized carbons (Fsp3) is 0.357. The van der Waals surface area contributed by atoms with Gasteiger partial charge in [-0.2, -0.15) is 0 Å². The van der Waals surface area contributed by atoms with Crippen LogP contribution < -0.4 is 5.48 Å². The summed E-state index contributed by atoms with van der Waals surface area (Å²) >= 11 is 0. The molecular weight excluding hydrogens is 260 g/mol. The summed E-state index contributed by atoms with van der Waals surface area (Å²) in [7, 11) is 0. The van der Waals surface area contributed by atoms with Crippen molar-refractivity contribution in [1.29, 1.82) is 0 Å². The largest absolute Gasteiger partial charge is 0.274 e. The monoisotopic (exact) mass is 276 g/mol. The van der Waals surface area contributed by atoms with E-state index in [1.165, 1.54) is 0 Å². The number of fused-ring (bicyclic) bond motifs is 1. The predicted octanol–water partition coefficient (Wildman–Crippen LogP) is 1.05. The van der Waals surface area contributed by atoms with E-state index >= 15 is 0 Å². The van der Waals surface area contributed by atoms with Crippen LogP contribution in [-0.2, 0) is 9.63 Å². The quantitative estimate of drug-likeness (QED) is 0.644. The molecule has 0 spiro atoms. The Bertz CT molecular complexity index is 568. The molecule has 6 heteroatoms. The number of hydrogen-bond donors (Lipinski definition) is 1. The maximum atomic E-state index is 12.1. The van der Waals surface area contributed by atoms with Gasteiger partial charge >= 0.3 is 0 Å². The highest BCUT2D eigenvalue weighted by Gasteiger charge is 2.35. The lowest BCUT2D eigenvalue weighted by Crippen LogP contribution is -2.34. The molecule has 1 heterocycles. The molecule has 0 atom stereocenters. The molecule has 2 rings (SSSR count). The van der Waals surface area contributed by atoms with Crippen LogP contribution in [0.5, 0.6) is 0 Å². The lowest BCUT2D eigenvalue weighted by molar-refractivity contribution is -0.133. The minimum absolute atomic E-state index is 0.0183. The summed E-state index contributed by atoms with van der Waals surface area (Å²) in [6.45, 7) is 4.01. The molecule has 0 radical (unpaired) electrons. The number of nitrogens with one attached hydrogen (secondary N) is 1. The topological polar surface area (TPSA) is 75.7 Å². The Labute approximate surface area is 116 Å². The third kappa shape index (κ3) is 2.70. The Morgan fingerprint density at radius 2 is 1.95 bits per heavy atom. The van der Waals surface area contributed by atoms with Gasteiger partial charge in [-0.05, 0) is 26.0 Å². The zero-order chi connectivity index (χ0) is 14.7. The van der Waals surface area contributed by atoms with Gasteiger partial charge < -0.3 is 0 Å². The number of hydroxylamine groups is 1. The molecule has 0 saturated heterocycles. The molecule has 20 heavy (non-hydrogen) atoms. The van der Waals surface area contributed by atoms with E-state index in [1.807, 2.05) is 6.92 Å². The molecule has 1 N–H and O–H groups in total. The first kappa shape index (κ1) is 14.2. The van der Waals surface area contributed by atoms with Crippen molar-refractivity contribution in [1.82, 2.24) is 10.4 Å². The second kappa shape index (κ2) is 5.83. The fourth-order valence-corrected chi connectivity index (χ4v) is 2.02. The predicted molar refractivity (Wildman–Crippen MR) is 70.9 cm³/mol. The molecule has 1 aliphatic heterocycles. The number of carbonyl (C=O) groups excluding carboxylic acids is 3. The SMILES string of the molecule is CCONC(=O)CCN1C(=O)c2ccc(C)cc2C1=O. The van der Waals surface area contributed by atoms with Crippen LogP contribution in [0.4, 0.5) is 0 Å². The van der Waals surface area contributed by atoms with Crippen LogP contribution in [0.2, 0.25) is 0 Å². The minimum Gasteiger partial charge on any atom is -0.274 e. The average Bonchev–Trinajstić information content (AvgIpc) is 2.66. The number of amides is 3. The fourth-order valence-electron chi connectivity index (χ4n) is 2.02. The van der Waals surface area contributed by atoms with E-state index in [-0.39, 0.29) is 30.7 Å². The standard InChI is InChI=1S/C14H16N2O4/c1-3-20-15-12(17)6-7-16-13(18)10-5-4-9(2)8-11(10)14(16)19/h4-5,8H,3,6-7H2,1-2H3,(H,15,17). The van der Waals surface area contributed by atoms with Crippen LogP contribution in [0.25, 0.3) is 0 Å². The lowest BCUT2D eigenvalue weighted by Gasteiger charge is -2.13. The van der Waals surface area contributed by atoms with E-state index < -0.39 is 0 Å². The maximum absolute atomic E-state index is 12.1. The van der Waals surface area contributed by atoms with Gasteiger partial charge in [-0.1, -0.05) is 11.6 Å². The van der Waals surface area contributed by atoms with Gasteiger partial charge in [0.2, 0.25) is 5.91 Å². The van der Waals surface area contributed by atoms with Crippen molar-refractivity contribution in [3.63, 3.8) is 0 Å². The van der Waals surface area contributed by atoms with Crippen LogP contribution >= 0.6 is 0 Å². The van der Waals surface area contributed by atoms with Crippen LogP contribution in [-0.4, -0.2) is 35.8 Å². The van der Waals surface area contributed by atoms with Gasteiger partial charge in [0.25, 0.3) is 11.8 Å². The molecule has 1 aliphatic rings.